The van der Waals surface area contributed by atoms with Gasteiger partial charge in [0.15, 0.2) is 46.0 Å². The van der Waals surface area contributed by atoms with E-state index in [1.165, 1.54) is 36.4 Å². The maximum absolute atomic E-state index is 12.0. The van der Waals surface area contributed by atoms with Gasteiger partial charge in [-0.25, -0.2) is 0 Å². The largest absolute Gasteiger partial charge is 0.510 e. The minimum absolute atomic E-state index is 0.0328. The van der Waals surface area contributed by atoms with E-state index in [1.807, 2.05) is 0 Å². The topological polar surface area (TPSA) is 241 Å². The highest BCUT2D eigenvalue weighted by atomic mass is 16.7. The third kappa shape index (κ3) is 6.23. The van der Waals surface area contributed by atoms with E-state index in [-0.39, 0.29) is 39.9 Å². The zero-order valence-corrected chi connectivity index (χ0v) is 22.5. The molecule has 2 aliphatic heterocycles. The summed E-state index contributed by atoms with van der Waals surface area (Å²) in [6, 6.07) is 10.9. The molecule has 0 unspecified atom stereocenters. The lowest BCUT2D eigenvalue weighted by Crippen LogP contribution is -2.60. The Kier molecular flexibility index (Phi) is 8.33. The van der Waals surface area contributed by atoms with E-state index in [4.69, 9.17) is 18.6 Å². The van der Waals surface area contributed by atoms with Gasteiger partial charge in [0.2, 0.25) is 12.9 Å². The van der Waals surface area contributed by atoms with Gasteiger partial charge >= 0.3 is 5.97 Å². The van der Waals surface area contributed by atoms with Gasteiger partial charge in [-0.3, -0.25) is 4.79 Å². The first-order valence-corrected chi connectivity index (χ1v) is 13.0. The summed E-state index contributed by atoms with van der Waals surface area (Å²) in [5.41, 5.74) is 0.0267. The number of ether oxygens (including phenoxy) is 3. The maximum Gasteiger partial charge on any atom is 0.510 e. The number of aliphatic hydroxyl groups is 3. The van der Waals surface area contributed by atoms with Gasteiger partial charge in [-0.1, -0.05) is 6.07 Å². The van der Waals surface area contributed by atoms with Crippen molar-refractivity contribution in [1.82, 2.24) is 0 Å². The van der Waals surface area contributed by atoms with Crippen molar-refractivity contribution in [2.24, 2.45) is 0 Å². The van der Waals surface area contributed by atoms with Gasteiger partial charge in [0.25, 0.3) is 0 Å². The molecule has 0 amide bonds. The summed E-state index contributed by atoms with van der Waals surface area (Å²) >= 11 is 0. The fraction of sp³-hybridized carbons (Fsp3) is 0.200. The number of aromatic hydroxyl groups is 5. The van der Waals surface area contributed by atoms with Crippen molar-refractivity contribution in [3.05, 3.63) is 76.5 Å². The number of benzene rings is 3. The smallest absolute Gasteiger partial charge is 0.507 e. The van der Waals surface area contributed by atoms with Crippen LogP contribution in [0.4, 0.5) is 0 Å². The molecule has 1 fully saturated rings. The Morgan fingerprint density at radius 1 is 0.818 bits per heavy atom. The van der Waals surface area contributed by atoms with Crippen molar-refractivity contribution in [1.29, 1.82) is 0 Å². The van der Waals surface area contributed by atoms with Gasteiger partial charge in [0, 0.05) is 17.7 Å². The highest BCUT2D eigenvalue weighted by molar-refractivity contribution is 5.88. The summed E-state index contributed by atoms with van der Waals surface area (Å²) in [6.07, 6.45) is -5.89. The SMILES string of the molecule is O=c1cc2oc(-c3ccc(O)c(O)c3)c(O[C@@H]3O[C@H](COC(=[OH+])C=Cc4ccc(O)c(O)c4)[C@@H](O)[C@H](O)[C@H]3O)cc-2c(O)c1. The third-order valence-electron chi connectivity index (χ3n) is 6.77. The van der Waals surface area contributed by atoms with Crippen LogP contribution in [0.1, 0.15) is 5.56 Å². The quantitative estimate of drug-likeness (QED) is 0.0638. The Morgan fingerprint density at radius 3 is 2.23 bits per heavy atom. The predicted molar refractivity (Wildman–Crippen MR) is 151 cm³/mol. The molecule has 5 rings (SSSR count). The van der Waals surface area contributed by atoms with Crippen LogP contribution in [0, 0.1) is 0 Å². The van der Waals surface area contributed by atoms with E-state index in [0.717, 1.165) is 30.3 Å². The Morgan fingerprint density at radius 2 is 1.52 bits per heavy atom. The van der Waals surface area contributed by atoms with Crippen LogP contribution in [-0.4, -0.2) is 88.9 Å². The fourth-order valence-electron chi connectivity index (χ4n) is 4.43. The van der Waals surface area contributed by atoms with Crippen LogP contribution in [0.5, 0.6) is 34.5 Å². The molecule has 5 atom stereocenters. The zero-order valence-electron chi connectivity index (χ0n) is 22.5. The number of phenols is 5. The van der Waals surface area contributed by atoms with Crippen LogP contribution in [0.3, 0.4) is 0 Å². The van der Waals surface area contributed by atoms with E-state index in [9.17, 15) is 50.4 Å². The lowest BCUT2D eigenvalue weighted by Gasteiger charge is -2.39. The zero-order chi connectivity index (χ0) is 31.7. The molecule has 1 saturated heterocycles. The second kappa shape index (κ2) is 12.1. The van der Waals surface area contributed by atoms with Gasteiger partial charge in [-0.15, -0.1) is 0 Å². The molecule has 2 aromatic carbocycles. The van der Waals surface area contributed by atoms with Gasteiger partial charge in [0.05, 0.1) is 11.6 Å². The van der Waals surface area contributed by atoms with Crippen molar-refractivity contribution in [2.45, 2.75) is 30.7 Å². The second-order valence-electron chi connectivity index (χ2n) is 9.86. The molecule has 0 bridgehead atoms. The minimum Gasteiger partial charge on any atom is -0.507 e. The first-order valence-electron chi connectivity index (χ1n) is 13.0. The number of esters is 1. The van der Waals surface area contributed by atoms with E-state index >= 15 is 0 Å². The Hall–Kier alpha value is -5.28. The van der Waals surface area contributed by atoms with Crippen LogP contribution >= 0.6 is 0 Å². The van der Waals surface area contributed by atoms with Crippen LogP contribution in [-0.2, 0) is 9.47 Å². The molecule has 3 aliphatic rings. The van der Waals surface area contributed by atoms with Crippen molar-refractivity contribution in [3.8, 4) is 57.1 Å². The standard InChI is InChI=1S/C30H26O14/c31-15-9-19(34)16-11-23(29(42-22(16)10-15)14-3-5-18(33)21(36)8-14)43-30-28(40)27(39)26(38)24(44-30)12-41-25(37)6-2-13-1-4-17(32)20(35)7-13/h1-11,24,26-28,30,32-36,38-40H,12H2/p+1/t24-,26-,27+,28-,30-/m1/s1. The molecular weight excluding hydrogens is 584 g/mol. The molecule has 44 heavy (non-hydrogen) atoms. The number of hydrogen-bond donors (Lipinski definition) is 8. The van der Waals surface area contributed by atoms with Crippen LogP contribution in [0.15, 0.2) is 69.9 Å². The second-order valence-corrected chi connectivity index (χ2v) is 9.86. The average molecular weight is 612 g/mol. The summed E-state index contributed by atoms with van der Waals surface area (Å²) in [7, 11) is 0. The predicted octanol–water partition coefficient (Wildman–Crippen LogP) is 1.36. The summed E-state index contributed by atoms with van der Waals surface area (Å²) in [5.74, 6) is -3.11. The number of hydrogen-bond acceptors (Lipinski definition) is 13. The lowest BCUT2D eigenvalue weighted by atomic mass is 9.99. The Bertz CT molecular complexity index is 1740. The molecule has 9 N–H and O–H groups in total. The normalized spacial score (nSPS) is 21.8. The molecule has 14 nitrogen and oxygen atoms in total. The highest BCUT2D eigenvalue weighted by Crippen LogP contribution is 2.43. The number of aliphatic hydroxyl groups excluding tert-OH is 3. The van der Waals surface area contributed by atoms with E-state index in [2.05, 4.69) is 0 Å². The highest BCUT2D eigenvalue weighted by Gasteiger charge is 2.47. The molecule has 2 aromatic rings. The molecule has 0 saturated carbocycles. The molecular formula is C30H27O14+. The number of phenolic OH excluding ortho intramolecular Hbond substituents is 5. The molecule has 14 heteroatoms. The van der Waals surface area contributed by atoms with Crippen molar-refractivity contribution >= 4 is 12.0 Å². The Balaban J connectivity index is 1.39. The number of carbonyl (C=O) groups excluding carboxylic acids is 1. The average Bonchev–Trinajstić information content (AvgIpc) is 2.98. The fourth-order valence-corrected chi connectivity index (χ4v) is 4.43. The Labute approximate surface area is 247 Å². The summed E-state index contributed by atoms with van der Waals surface area (Å²) in [5, 5.41) is 80.8. The van der Waals surface area contributed by atoms with Crippen LogP contribution < -0.4 is 10.2 Å². The molecule has 0 spiro atoms. The van der Waals surface area contributed by atoms with Gasteiger partial charge in [-0.05, 0) is 48.0 Å². The summed E-state index contributed by atoms with van der Waals surface area (Å²) < 4.78 is 22.5. The molecule has 2 heterocycles. The van der Waals surface area contributed by atoms with Crippen LogP contribution in [0.25, 0.3) is 28.7 Å². The third-order valence-corrected chi connectivity index (χ3v) is 6.77. The molecule has 0 radical (unpaired) electrons. The number of fused-ring (bicyclic) bond motifs is 1. The number of rotatable bonds is 7. The van der Waals surface area contributed by atoms with Crippen molar-refractivity contribution < 1.29 is 64.3 Å². The molecule has 1 aliphatic carbocycles. The van der Waals surface area contributed by atoms with Gasteiger partial charge in [-0.2, -0.15) is 0 Å². The first kappa shape index (κ1) is 30.2. The monoisotopic (exact) mass is 611 g/mol. The minimum atomic E-state index is -1.82. The molecule has 0 aromatic heterocycles. The van der Waals surface area contributed by atoms with E-state index in [1.54, 1.807) is 0 Å². The van der Waals surface area contributed by atoms with Crippen LogP contribution in [0.2, 0.25) is 0 Å². The van der Waals surface area contributed by atoms with E-state index in [0.29, 0.717) is 5.56 Å². The lowest BCUT2D eigenvalue weighted by molar-refractivity contribution is -0.276. The van der Waals surface area contributed by atoms with Gasteiger partial charge in [0.1, 0.15) is 29.8 Å². The van der Waals surface area contributed by atoms with Crippen molar-refractivity contribution in [2.75, 3.05) is 6.61 Å². The van der Waals surface area contributed by atoms with Gasteiger partial charge < -0.3 is 64.3 Å². The first-order chi connectivity index (χ1) is 20.9. The summed E-state index contributed by atoms with van der Waals surface area (Å²) in [4.78, 5) is 22.1. The molecule has 230 valence electrons. The van der Waals surface area contributed by atoms with Crippen molar-refractivity contribution in [3.63, 3.8) is 0 Å². The maximum atomic E-state index is 12.0. The summed E-state index contributed by atoms with van der Waals surface area (Å²) in [6.45, 7) is -0.532. The van der Waals surface area contributed by atoms with E-state index < -0.39 is 66.0 Å².